The van der Waals surface area contributed by atoms with E-state index in [1.807, 2.05) is 24.3 Å². The third-order valence-corrected chi connectivity index (χ3v) is 3.97. The van der Waals surface area contributed by atoms with Crippen LogP contribution in [0.2, 0.25) is 0 Å². The highest BCUT2D eigenvalue weighted by atomic mass is 16.5. The number of rotatable bonds is 7. The van der Waals surface area contributed by atoms with Gasteiger partial charge in [0.25, 0.3) is 11.5 Å². The minimum Gasteiger partial charge on any atom is -0.454 e. The summed E-state index contributed by atoms with van der Waals surface area (Å²) in [6.45, 7) is 1.15. The number of carbonyl (C=O) groups excluding carboxylic acids is 1. The smallest absolute Gasteiger partial charge is 0.287 e. The molecule has 0 saturated heterocycles. The average Bonchev–Trinajstić information content (AvgIpc) is 3.12. The molecular formula is C20H20N2O4. The standard InChI is InChI=1S/C20H20N2O4/c1-25-14-16-7-3-2-6-15(16)12-21-20(24)18-10-9-17(26-18)13-22-11-5-4-8-19(22)23/h2-11H,12-14H2,1H3,(H,21,24). The monoisotopic (exact) mass is 352 g/mol. The quantitative estimate of drug-likeness (QED) is 0.709. The van der Waals surface area contributed by atoms with E-state index in [4.69, 9.17) is 9.15 Å². The fourth-order valence-electron chi connectivity index (χ4n) is 2.63. The zero-order valence-corrected chi connectivity index (χ0v) is 14.5. The summed E-state index contributed by atoms with van der Waals surface area (Å²) in [5, 5.41) is 2.85. The number of hydrogen-bond donors (Lipinski definition) is 1. The van der Waals surface area contributed by atoms with Crippen molar-refractivity contribution in [1.82, 2.24) is 9.88 Å². The van der Waals surface area contributed by atoms with Gasteiger partial charge in [-0.2, -0.15) is 0 Å². The summed E-state index contributed by atoms with van der Waals surface area (Å²) in [5.74, 6) is 0.459. The van der Waals surface area contributed by atoms with E-state index in [9.17, 15) is 9.59 Å². The van der Waals surface area contributed by atoms with Gasteiger partial charge in [0.2, 0.25) is 0 Å². The lowest BCUT2D eigenvalue weighted by Crippen LogP contribution is -2.23. The van der Waals surface area contributed by atoms with Crippen LogP contribution in [0.3, 0.4) is 0 Å². The van der Waals surface area contributed by atoms with Gasteiger partial charge in [0.1, 0.15) is 5.76 Å². The molecule has 2 aromatic heterocycles. The Morgan fingerprint density at radius 3 is 2.62 bits per heavy atom. The predicted molar refractivity (Wildman–Crippen MR) is 96.8 cm³/mol. The van der Waals surface area contributed by atoms with Crippen molar-refractivity contribution in [3.8, 4) is 0 Å². The Morgan fingerprint density at radius 1 is 1.08 bits per heavy atom. The molecule has 0 spiro atoms. The summed E-state index contributed by atoms with van der Waals surface area (Å²) in [7, 11) is 1.64. The first-order valence-electron chi connectivity index (χ1n) is 8.25. The number of hydrogen-bond acceptors (Lipinski definition) is 4. The SMILES string of the molecule is COCc1ccccc1CNC(=O)c1ccc(Cn2ccccc2=O)o1. The van der Waals surface area contributed by atoms with Crippen molar-refractivity contribution < 1.29 is 13.9 Å². The number of nitrogens with zero attached hydrogens (tertiary/aromatic N) is 1. The number of pyridine rings is 1. The van der Waals surface area contributed by atoms with E-state index in [1.165, 1.54) is 10.6 Å². The molecule has 3 rings (SSSR count). The van der Waals surface area contributed by atoms with Crippen LogP contribution in [0.4, 0.5) is 0 Å². The molecule has 1 amide bonds. The second kappa shape index (κ2) is 8.31. The molecule has 6 nitrogen and oxygen atoms in total. The van der Waals surface area contributed by atoms with Crippen molar-refractivity contribution in [1.29, 1.82) is 0 Å². The molecule has 0 radical (unpaired) electrons. The summed E-state index contributed by atoms with van der Waals surface area (Å²) < 4.78 is 12.3. The first-order valence-corrected chi connectivity index (χ1v) is 8.25. The van der Waals surface area contributed by atoms with Crippen LogP contribution in [0.15, 0.2) is 70.0 Å². The van der Waals surface area contributed by atoms with Crippen LogP contribution in [0, 0.1) is 0 Å². The van der Waals surface area contributed by atoms with E-state index in [0.29, 0.717) is 18.9 Å². The summed E-state index contributed by atoms with van der Waals surface area (Å²) in [5.41, 5.74) is 1.90. The number of nitrogens with one attached hydrogen (secondary N) is 1. The van der Waals surface area contributed by atoms with Crippen molar-refractivity contribution in [2.45, 2.75) is 19.7 Å². The zero-order valence-electron chi connectivity index (χ0n) is 14.5. The maximum atomic E-state index is 12.3. The third-order valence-electron chi connectivity index (χ3n) is 3.97. The van der Waals surface area contributed by atoms with E-state index < -0.39 is 0 Å². The molecule has 1 N–H and O–H groups in total. The Labute approximate surface area is 151 Å². The van der Waals surface area contributed by atoms with Crippen LogP contribution < -0.4 is 10.9 Å². The molecule has 6 heteroatoms. The van der Waals surface area contributed by atoms with Crippen molar-refractivity contribution in [2.24, 2.45) is 0 Å². The van der Waals surface area contributed by atoms with E-state index in [-0.39, 0.29) is 23.8 Å². The number of carbonyl (C=O) groups is 1. The molecule has 0 unspecified atom stereocenters. The average molecular weight is 352 g/mol. The first kappa shape index (κ1) is 17.7. The van der Waals surface area contributed by atoms with Crippen LogP contribution in [0.25, 0.3) is 0 Å². The highest BCUT2D eigenvalue weighted by Crippen LogP contribution is 2.12. The van der Waals surface area contributed by atoms with Gasteiger partial charge >= 0.3 is 0 Å². The number of furan rings is 1. The number of ether oxygens (including phenoxy) is 1. The summed E-state index contributed by atoms with van der Waals surface area (Å²) in [4.78, 5) is 24.1. The highest BCUT2D eigenvalue weighted by Gasteiger charge is 2.12. The third kappa shape index (κ3) is 4.29. The minimum atomic E-state index is -0.302. The Balaban J connectivity index is 1.64. The molecule has 0 bridgehead atoms. The maximum Gasteiger partial charge on any atom is 0.287 e. The Bertz CT molecular complexity index is 942. The molecule has 0 fully saturated rings. The summed E-state index contributed by atoms with van der Waals surface area (Å²) in [6, 6.07) is 16.0. The molecule has 1 aromatic carbocycles. The molecular weight excluding hydrogens is 332 g/mol. The minimum absolute atomic E-state index is 0.121. The summed E-state index contributed by atoms with van der Waals surface area (Å²) in [6.07, 6.45) is 1.68. The van der Waals surface area contributed by atoms with Gasteiger partial charge in [-0.3, -0.25) is 9.59 Å². The lowest BCUT2D eigenvalue weighted by molar-refractivity contribution is 0.0920. The van der Waals surface area contributed by atoms with Crippen molar-refractivity contribution in [3.05, 3.63) is 93.8 Å². The highest BCUT2D eigenvalue weighted by molar-refractivity contribution is 5.91. The fraction of sp³-hybridized carbons (Fsp3) is 0.200. The lowest BCUT2D eigenvalue weighted by atomic mass is 10.1. The molecule has 2 heterocycles. The number of amides is 1. The molecule has 134 valence electrons. The zero-order chi connectivity index (χ0) is 18.4. The summed E-state index contributed by atoms with van der Waals surface area (Å²) >= 11 is 0. The van der Waals surface area contributed by atoms with Gasteiger partial charge in [-0.1, -0.05) is 30.3 Å². The number of aromatic nitrogens is 1. The van der Waals surface area contributed by atoms with Gasteiger partial charge in [0, 0.05) is 25.9 Å². The van der Waals surface area contributed by atoms with Gasteiger partial charge < -0.3 is 19.0 Å². The normalized spacial score (nSPS) is 10.7. The molecule has 0 aliphatic heterocycles. The van der Waals surface area contributed by atoms with Crippen LogP contribution in [-0.4, -0.2) is 17.6 Å². The van der Waals surface area contributed by atoms with Gasteiger partial charge in [-0.05, 0) is 29.3 Å². The number of methoxy groups -OCH3 is 1. The van der Waals surface area contributed by atoms with Gasteiger partial charge in [0.05, 0.1) is 13.2 Å². The molecule has 26 heavy (non-hydrogen) atoms. The van der Waals surface area contributed by atoms with E-state index >= 15 is 0 Å². The maximum absolute atomic E-state index is 12.3. The van der Waals surface area contributed by atoms with Crippen molar-refractivity contribution in [2.75, 3.05) is 7.11 Å². The molecule has 3 aromatic rings. The first-order chi connectivity index (χ1) is 12.7. The van der Waals surface area contributed by atoms with E-state index in [0.717, 1.165) is 11.1 Å². The van der Waals surface area contributed by atoms with Gasteiger partial charge in [0.15, 0.2) is 5.76 Å². The second-order valence-electron chi connectivity index (χ2n) is 5.82. The molecule has 0 saturated carbocycles. The largest absolute Gasteiger partial charge is 0.454 e. The Morgan fingerprint density at radius 2 is 1.85 bits per heavy atom. The lowest BCUT2D eigenvalue weighted by Gasteiger charge is -2.09. The topological polar surface area (TPSA) is 73.5 Å². The Kier molecular flexibility index (Phi) is 5.66. The van der Waals surface area contributed by atoms with E-state index in [1.54, 1.807) is 37.6 Å². The van der Waals surface area contributed by atoms with Gasteiger partial charge in [-0.15, -0.1) is 0 Å². The molecule has 0 aliphatic rings. The van der Waals surface area contributed by atoms with Gasteiger partial charge in [-0.25, -0.2) is 0 Å². The fourth-order valence-corrected chi connectivity index (χ4v) is 2.63. The second-order valence-corrected chi connectivity index (χ2v) is 5.82. The van der Waals surface area contributed by atoms with Crippen LogP contribution in [0.1, 0.15) is 27.4 Å². The van der Waals surface area contributed by atoms with E-state index in [2.05, 4.69) is 5.32 Å². The van der Waals surface area contributed by atoms with Crippen molar-refractivity contribution >= 4 is 5.91 Å². The van der Waals surface area contributed by atoms with Crippen LogP contribution >= 0.6 is 0 Å². The van der Waals surface area contributed by atoms with Crippen LogP contribution in [-0.2, 0) is 24.4 Å². The van der Waals surface area contributed by atoms with Crippen LogP contribution in [0.5, 0.6) is 0 Å². The number of benzene rings is 1. The molecule has 0 aliphatic carbocycles. The predicted octanol–water partition coefficient (Wildman–Crippen LogP) is 2.57. The Hall–Kier alpha value is -3.12. The molecule has 0 atom stereocenters. The van der Waals surface area contributed by atoms with Crippen molar-refractivity contribution in [3.63, 3.8) is 0 Å².